The highest BCUT2D eigenvalue weighted by atomic mass is 32.1. The van der Waals surface area contributed by atoms with Crippen molar-refractivity contribution in [2.24, 2.45) is 5.41 Å². The first kappa shape index (κ1) is 31.9. The van der Waals surface area contributed by atoms with Crippen LogP contribution in [-0.4, -0.2) is 79.4 Å². The van der Waals surface area contributed by atoms with E-state index in [2.05, 4.69) is 26.2 Å². The molecule has 9 heteroatoms. The predicted molar refractivity (Wildman–Crippen MR) is 165 cm³/mol. The van der Waals surface area contributed by atoms with Gasteiger partial charge in [-0.15, -0.1) is 11.3 Å². The quantitative estimate of drug-likeness (QED) is 0.156. The van der Waals surface area contributed by atoms with E-state index in [1.165, 1.54) is 0 Å². The number of fused-ring (bicyclic) bond motifs is 2. The first-order chi connectivity index (χ1) is 19.8. The van der Waals surface area contributed by atoms with E-state index in [4.69, 9.17) is 19.2 Å². The number of esters is 1. The lowest BCUT2D eigenvalue weighted by atomic mass is 9.76. The van der Waals surface area contributed by atoms with Gasteiger partial charge in [-0.05, 0) is 44.7 Å². The molecule has 42 heavy (non-hydrogen) atoms. The highest BCUT2D eigenvalue weighted by molar-refractivity contribution is 7.18. The van der Waals surface area contributed by atoms with Gasteiger partial charge in [-0.1, -0.05) is 24.3 Å². The normalized spacial score (nSPS) is 14.5. The minimum Gasteiger partial charge on any atom is -0.493 e. The molecule has 0 fully saturated rings. The van der Waals surface area contributed by atoms with Crippen molar-refractivity contribution in [3.8, 4) is 11.5 Å². The molecule has 0 saturated carbocycles. The maximum absolute atomic E-state index is 13.9. The van der Waals surface area contributed by atoms with Crippen LogP contribution in [0.25, 0.3) is 10.2 Å². The van der Waals surface area contributed by atoms with Crippen LogP contribution in [0.15, 0.2) is 36.4 Å². The second-order valence-corrected chi connectivity index (χ2v) is 14.1. The SMILES string of the molecule is COc1cc2sc(CCC(=O)C3(CC(=O)OC(C)(C)C)Cc4ccccc4C3)nc2cc1OCCC[N+](C)(C)CCO. The van der Waals surface area contributed by atoms with Gasteiger partial charge in [-0.25, -0.2) is 4.98 Å². The molecule has 1 aromatic heterocycles. The lowest BCUT2D eigenvalue weighted by Gasteiger charge is -2.28. The number of rotatable bonds is 14. The summed E-state index contributed by atoms with van der Waals surface area (Å²) in [5, 5.41) is 10.1. The smallest absolute Gasteiger partial charge is 0.307 e. The number of hydrogen-bond donors (Lipinski definition) is 1. The second kappa shape index (κ2) is 13.1. The van der Waals surface area contributed by atoms with Crippen molar-refractivity contribution >= 4 is 33.3 Å². The largest absolute Gasteiger partial charge is 0.493 e. The summed E-state index contributed by atoms with van der Waals surface area (Å²) < 4.78 is 19.0. The molecule has 0 spiro atoms. The number of aryl methyl sites for hydroxylation is 1. The van der Waals surface area contributed by atoms with Gasteiger partial charge in [0.2, 0.25) is 0 Å². The summed E-state index contributed by atoms with van der Waals surface area (Å²) in [6, 6.07) is 11.9. The summed E-state index contributed by atoms with van der Waals surface area (Å²) in [6.45, 7) is 7.83. The average Bonchev–Trinajstić information content (AvgIpc) is 3.48. The Labute approximate surface area is 253 Å². The van der Waals surface area contributed by atoms with Crippen molar-refractivity contribution < 1.29 is 33.4 Å². The van der Waals surface area contributed by atoms with E-state index in [0.717, 1.165) is 43.8 Å². The number of nitrogens with zero attached hydrogens (tertiary/aromatic N) is 2. The molecule has 3 aromatic rings. The number of methoxy groups -OCH3 is 1. The molecule has 0 atom stereocenters. The van der Waals surface area contributed by atoms with Crippen LogP contribution in [0, 0.1) is 5.41 Å². The number of Topliss-reactive ketones (excluding diaryl/α,β-unsaturated/α-hetero) is 1. The maximum atomic E-state index is 13.9. The van der Waals surface area contributed by atoms with Crippen LogP contribution in [0.2, 0.25) is 0 Å². The number of aliphatic hydroxyl groups excluding tert-OH is 1. The standard InChI is InChI=1S/C33H45N2O6S/c1-32(2,3)41-31(38)22-33(20-23-10-7-8-11-24(23)21-33)29(37)12-13-30-34-25-18-27(26(39-6)19-28(25)42-30)40-17-9-14-35(4,5)15-16-36/h7-8,10-11,18-19,36H,9,12-17,20-22H2,1-6H3/q+1. The van der Waals surface area contributed by atoms with Crippen LogP contribution in [0.3, 0.4) is 0 Å². The molecule has 1 aliphatic carbocycles. The topological polar surface area (TPSA) is 95.0 Å². The summed E-state index contributed by atoms with van der Waals surface area (Å²) in [7, 11) is 5.81. The number of aromatic nitrogens is 1. The molecule has 4 rings (SSSR count). The molecule has 1 heterocycles. The Morgan fingerprint density at radius 3 is 2.38 bits per heavy atom. The van der Waals surface area contributed by atoms with E-state index >= 15 is 0 Å². The van der Waals surface area contributed by atoms with Crippen LogP contribution in [-0.2, 0) is 33.6 Å². The van der Waals surface area contributed by atoms with Gasteiger partial charge >= 0.3 is 5.97 Å². The number of aliphatic hydroxyl groups is 1. The lowest BCUT2D eigenvalue weighted by molar-refractivity contribution is -0.890. The summed E-state index contributed by atoms with van der Waals surface area (Å²) in [5.74, 6) is 1.04. The molecule has 2 aromatic carbocycles. The fourth-order valence-corrected chi connectivity index (χ4v) is 6.65. The number of hydrogen-bond acceptors (Lipinski definition) is 8. The van der Waals surface area contributed by atoms with E-state index in [1.807, 2.05) is 45.0 Å². The van der Waals surface area contributed by atoms with Crippen LogP contribution in [0.5, 0.6) is 11.5 Å². The summed E-state index contributed by atoms with van der Waals surface area (Å²) in [4.78, 5) is 31.6. The van der Waals surface area contributed by atoms with Gasteiger partial charge < -0.3 is 23.8 Å². The van der Waals surface area contributed by atoms with Crippen molar-refractivity contribution in [1.82, 2.24) is 4.98 Å². The van der Waals surface area contributed by atoms with Gasteiger partial charge in [-0.3, -0.25) is 9.59 Å². The van der Waals surface area contributed by atoms with Gasteiger partial charge in [-0.2, -0.15) is 0 Å². The first-order valence-corrected chi connectivity index (χ1v) is 15.5. The van der Waals surface area contributed by atoms with Gasteiger partial charge in [0.1, 0.15) is 17.9 Å². The molecular formula is C33H45N2O6S+. The molecule has 0 bridgehead atoms. The lowest BCUT2D eigenvalue weighted by Crippen LogP contribution is -2.43. The molecule has 0 radical (unpaired) electrons. The Morgan fingerprint density at radius 2 is 1.76 bits per heavy atom. The zero-order chi connectivity index (χ0) is 30.5. The van der Waals surface area contributed by atoms with Gasteiger partial charge in [0.15, 0.2) is 11.5 Å². The third-order valence-electron chi connectivity index (χ3n) is 7.83. The van der Waals surface area contributed by atoms with Crippen LogP contribution >= 0.6 is 11.3 Å². The van der Waals surface area contributed by atoms with E-state index < -0.39 is 11.0 Å². The van der Waals surface area contributed by atoms with E-state index in [1.54, 1.807) is 18.4 Å². The number of likely N-dealkylation sites (N-methyl/N-ethyl adjacent to an activating group) is 1. The molecule has 228 valence electrons. The molecule has 8 nitrogen and oxygen atoms in total. The second-order valence-electron chi connectivity index (χ2n) is 13.0. The van der Waals surface area contributed by atoms with Crippen molar-refractivity contribution in [2.45, 2.75) is 64.9 Å². The number of ketones is 1. The monoisotopic (exact) mass is 597 g/mol. The number of benzene rings is 2. The predicted octanol–water partition coefficient (Wildman–Crippen LogP) is 5.16. The van der Waals surface area contributed by atoms with Gasteiger partial charge in [0, 0.05) is 36.8 Å². The third-order valence-corrected chi connectivity index (χ3v) is 8.90. The molecule has 0 amide bonds. The van der Waals surface area contributed by atoms with Crippen molar-refractivity contribution in [3.05, 3.63) is 52.5 Å². The zero-order valence-corrected chi connectivity index (χ0v) is 26.6. The van der Waals surface area contributed by atoms with Crippen molar-refractivity contribution in [1.29, 1.82) is 0 Å². The van der Waals surface area contributed by atoms with E-state index in [0.29, 0.717) is 50.3 Å². The van der Waals surface area contributed by atoms with E-state index in [-0.39, 0.29) is 24.8 Å². The Morgan fingerprint density at radius 1 is 1.07 bits per heavy atom. The van der Waals surface area contributed by atoms with E-state index in [9.17, 15) is 14.7 Å². The minimum atomic E-state index is -0.794. The highest BCUT2D eigenvalue weighted by Crippen LogP contribution is 2.42. The summed E-state index contributed by atoms with van der Waals surface area (Å²) in [6.07, 6.45) is 2.82. The third kappa shape index (κ3) is 8.08. The number of quaternary nitrogens is 1. The van der Waals surface area contributed by atoms with Crippen molar-refractivity contribution in [2.75, 3.05) is 47.5 Å². The van der Waals surface area contributed by atoms with Gasteiger partial charge in [0.05, 0.1) is 62.6 Å². The fourth-order valence-electron chi connectivity index (χ4n) is 5.67. The molecule has 1 N–H and O–H groups in total. The zero-order valence-electron chi connectivity index (χ0n) is 25.8. The number of carbonyl (C=O) groups excluding carboxylic acids is 2. The average molecular weight is 598 g/mol. The number of carbonyl (C=O) groups is 2. The van der Waals surface area contributed by atoms with Crippen molar-refractivity contribution in [3.63, 3.8) is 0 Å². The molecule has 0 unspecified atom stereocenters. The number of ether oxygens (including phenoxy) is 3. The van der Waals surface area contributed by atoms with Crippen LogP contribution in [0.1, 0.15) is 56.2 Å². The Kier molecular flexibility index (Phi) is 9.96. The fraction of sp³-hybridized carbons (Fsp3) is 0.545. The first-order valence-electron chi connectivity index (χ1n) is 14.7. The van der Waals surface area contributed by atoms with Crippen LogP contribution in [0.4, 0.5) is 0 Å². The Balaban J connectivity index is 1.44. The highest BCUT2D eigenvalue weighted by Gasteiger charge is 2.45. The number of thiazole rings is 1. The molecule has 0 aliphatic heterocycles. The van der Waals surface area contributed by atoms with Crippen LogP contribution < -0.4 is 9.47 Å². The van der Waals surface area contributed by atoms with Gasteiger partial charge in [0.25, 0.3) is 0 Å². The maximum Gasteiger partial charge on any atom is 0.307 e. The summed E-state index contributed by atoms with van der Waals surface area (Å²) >= 11 is 1.55. The Hall–Kier alpha value is -3.01. The molecule has 1 aliphatic rings. The minimum absolute atomic E-state index is 0.0750. The molecule has 0 saturated heterocycles. The molecular weight excluding hydrogens is 552 g/mol. The summed E-state index contributed by atoms with van der Waals surface area (Å²) in [5.41, 5.74) is 1.67. The Bertz CT molecular complexity index is 1380.